The maximum atomic E-state index is 13.1. The Morgan fingerprint density at radius 2 is 2.07 bits per heavy atom. The van der Waals surface area contributed by atoms with Crippen LogP contribution in [-0.2, 0) is 18.0 Å². The first-order valence-electron chi connectivity index (χ1n) is 8.73. The first kappa shape index (κ1) is 17.3. The number of rotatable bonds is 2. The van der Waals surface area contributed by atoms with E-state index in [9.17, 15) is 4.79 Å². The van der Waals surface area contributed by atoms with Gasteiger partial charge in [-0.1, -0.05) is 0 Å². The van der Waals surface area contributed by atoms with E-state index in [1.165, 1.54) is 0 Å². The Morgan fingerprint density at radius 3 is 2.93 bits per heavy atom. The van der Waals surface area contributed by atoms with Gasteiger partial charge in [-0.2, -0.15) is 0 Å². The Balaban J connectivity index is 1.51. The average molecular weight is 442 g/mol. The van der Waals surface area contributed by atoms with Gasteiger partial charge in [-0.05, 0) is 33.6 Å². The van der Waals surface area contributed by atoms with E-state index in [0.717, 1.165) is 26.7 Å². The molecule has 2 aliphatic rings. The zero-order valence-electron chi connectivity index (χ0n) is 15.0. The largest absolute Gasteiger partial charge is 0.489 e. The predicted molar refractivity (Wildman–Crippen MR) is 105 cm³/mol. The van der Waals surface area contributed by atoms with Gasteiger partial charge in [-0.25, -0.2) is 9.97 Å². The second-order valence-electron chi connectivity index (χ2n) is 6.81. The molecule has 28 heavy (non-hydrogen) atoms. The van der Waals surface area contributed by atoms with Crippen molar-refractivity contribution in [3.05, 3.63) is 51.5 Å². The fraction of sp³-hybridized carbons (Fsp3) is 0.263. The average Bonchev–Trinajstić information content (AvgIpc) is 3.34. The van der Waals surface area contributed by atoms with Crippen molar-refractivity contribution in [3.63, 3.8) is 0 Å². The number of fused-ring (bicyclic) bond motifs is 4. The highest BCUT2D eigenvalue weighted by molar-refractivity contribution is 9.10. The zero-order chi connectivity index (χ0) is 19.4. The number of aromatic nitrogens is 3. The number of anilines is 1. The van der Waals surface area contributed by atoms with Crippen molar-refractivity contribution in [3.8, 4) is 5.75 Å². The molecule has 0 saturated heterocycles. The molecule has 5 heterocycles. The fourth-order valence-corrected chi connectivity index (χ4v) is 3.96. The standard InChI is InChI=1S/C19H16BrN5O3/c1-25(15-8-28-16-2-9(20)4-23-17(15)16)19(26)13-3-10-11-6-27-7-12(11)18(21)24-14(10)5-22-13/h2-5,15H,6-8H2,1H3,(H2,21,24). The molecule has 5 rings (SSSR count). The Hall–Kier alpha value is -2.78. The Morgan fingerprint density at radius 1 is 1.25 bits per heavy atom. The zero-order valence-corrected chi connectivity index (χ0v) is 16.6. The number of carbonyl (C=O) groups is 1. The van der Waals surface area contributed by atoms with E-state index in [1.807, 2.05) is 6.07 Å². The Bertz CT molecular complexity index is 1140. The van der Waals surface area contributed by atoms with Crippen LogP contribution in [0.15, 0.2) is 29.0 Å². The molecule has 2 aliphatic heterocycles. The van der Waals surface area contributed by atoms with Gasteiger partial charge in [-0.15, -0.1) is 0 Å². The number of likely N-dealkylation sites (N-methyl/N-ethyl adjacent to an activating group) is 1. The number of halogens is 1. The van der Waals surface area contributed by atoms with Crippen molar-refractivity contribution in [2.75, 3.05) is 19.4 Å². The summed E-state index contributed by atoms with van der Waals surface area (Å²) in [4.78, 5) is 27.8. The molecule has 3 aromatic heterocycles. The van der Waals surface area contributed by atoms with Crippen LogP contribution in [0.4, 0.5) is 5.82 Å². The molecule has 0 radical (unpaired) electrons. The lowest BCUT2D eigenvalue weighted by atomic mass is 10.1. The third-order valence-electron chi connectivity index (χ3n) is 5.18. The van der Waals surface area contributed by atoms with Gasteiger partial charge in [0.25, 0.3) is 5.91 Å². The summed E-state index contributed by atoms with van der Waals surface area (Å²) in [5.41, 5.74) is 9.59. The van der Waals surface area contributed by atoms with Crippen molar-refractivity contribution in [2.24, 2.45) is 0 Å². The summed E-state index contributed by atoms with van der Waals surface area (Å²) >= 11 is 3.38. The van der Waals surface area contributed by atoms with Gasteiger partial charge in [0.2, 0.25) is 0 Å². The summed E-state index contributed by atoms with van der Waals surface area (Å²) < 4.78 is 12.0. The quantitative estimate of drug-likeness (QED) is 0.651. The van der Waals surface area contributed by atoms with Crippen LogP contribution in [0.25, 0.3) is 10.9 Å². The second-order valence-corrected chi connectivity index (χ2v) is 7.73. The lowest BCUT2D eigenvalue weighted by molar-refractivity contribution is 0.0700. The molecule has 0 spiro atoms. The molecular formula is C19H16BrN5O3. The number of nitrogens with zero attached hydrogens (tertiary/aromatic N) is 4. The van der Waals surface area contributed by atoms with E-state index in [-0.39, 0.29) is 11.9 Å². The molecular weight excluding hydrogens is 426 g/mol. The minimum absolute atomic E-state index is 0.211. The molecule has 9 heteroatoms. The molecule has 0 saturated carbocycles. The van der Waals surface area contributed by atoms with Crippen LogP contribution in [-0.4, -0.2) is 39.4 Å². The number of hydrogen-bond donors (Lipinski definition) is 1. The van der Waals surface area contributed by atoms with E-state index < -0.39 is 0 Å². The second kappa shape index (κ2) is 6.39. The third-order valence-corrected chi connectivity index (χ3v) is 5.62. The molecule has 1 atom stereocenters. The van der Waals surface area contributed by atoms with E-state index in [0.29, 0.717) is 42.6 Å². The van der Waals surface area contributed by atoms with Gasteiger partial charge in [-0.3, -0.25) is 9.78 Å². The number of amides is 1. The highest BCUT2D eigenvalue weighted by Gasteiger charge is 2.33. The van der Waals surface area contributed by atoms with Gasteiger partial charge in [0.1, 0.15) is 35.6 Å². The molecule has 0 aliphatic carbocycles. The van der Waals surface area contributed by atoms with Gasteiger partial charge in [0.15, 0.2) is 0 Å². The lowest BCUT2D eigenvalue weighted by Crippen LogP contribution is -2.33. The first-order chi connectivity index (χ1) is 13.5. The van der Waals surface area contributed by atoms with Crippen LogP contribution < -0.4 is 10.5 Å². The van der Waals surface area contributed by atoms with Crippen LogP contribution in [0.3, 0.4) is 0 Å². The first-order valence-corrected chi connectivity index (χ1v) is 9.52. The fourth-order valence-electron chi connectivity index (χ4n) is 3.65. The highest BCUT2D eigenvalue weighted by atomic mass is 79.9. The highest BCUT2D eigenvalue weighted by Crippen LogP contribution is 2.36. The van der Waals surface area contributed by atoms with Crippen LogP contribution in [0.2, 0.25) is 0 Å². The van der Waals surface area contributed by atoms with Crippen molar-refractivity contribution >= 4 is 38.6 Å². The number of pyridine rings is 3. The molecule has 3 aromatic rings. The van der Waals surface area contributed by atoms with Gasteiger partial charge in [0.05, 0.1) is 24.9 Å². The minimum atomic E-state index is -0.272. The molecule has 1 unspecified atom stereocenters. The van der Waals surface area contributed by atoms with Gasteiger partial charge < -0.3 is 20.1 Å². The maximum Gasteiger partial charge on any atom is 0.272 e. The Labute approximate surface area is 168 Å². The molecule has 0 aromatic carbocycles. The SMILES string of the molecule is CN(C(=O)c1cc2c3c(c(N)nc2cn1)COC3)C1COc2cc(Br)cnc21. The number of nitrogen functional groups attached to an aromatic ring is 1. The molecule has 0 bridgehead atoms. The smallest absolute Gasteiger partial charge is 0.272 e. The van der Waals surface area contributed by atoms with Crippen LogP contribution in [0.1, 0.15) is 33.4 Å². The van der Waals surface area contributed by atoms with Gasteiger partial charge in [0, 0.05) is 28.7 Å². The van der Waals surface area contributed by atoms with Crippen LogP contribution >= 0.6 is 15.9 Å². The number of hydrogen-bond acceptors (Lipinski definition) is 7. The molecule has 2 N–H and O–H groups in total. The normalized spacial score (nSPS) is 17.3. The van der Waals surface area contributed by atoms with E-state index >= 15 is 0 Å². The van der Waals surface area contributed by atoms with Crippen molar-refractivity contribution in [1.82, 2.24) is 19.9 Å². The van der Waals surface area contributed by atoms with Crippen LogP contribution in [0.5, 0.6) is 5.75 Å². The molecule has 1 amide bonds. The minimum Gasteiger partial charge on any atom is -0.489 e. The van der Waals surface area contributed by atoms with Crippen molar-refractivity contribution < 1.29 is 14.3 Å². The molecule has 0 fully saturated rings. The lowest BCUT2D eigenvalue weighted by Gasteiger charge is -2.22. The summed E-state index contributed by atoms with van der Waals surface area (Å²) in [7, 11) is 1.73. The van der Waals surface area contributed by atoms with E-state index in [1.54, 1.807) is 30.4 Å². The Kier molecular flexibility index (Phi) is 3.95. The number of nitrogens with two attached hydrogens (primary N) is 1. The summed E-state index contributed by atoms with van der Waals surface area (Å²) in [5, 5.41) is 0.846. The monoisotopic (exact) mass is 441 g/mol. The summed E-state index contributed by atoms with van der Waals surface area (Å²) in [5.74, 6) is 0.924. The van der Waals surface area contributed by atoms with Crippen molar-refractivity contribution in [1.29, 1.82) is 0 Å². The molecule has 142 valence electrons. The predicted octanol–water partition coefficient (Wildman–Crippen LogP) is 2.61. The molecule has 8 nitrogen and oxygen atoms in total. The number of carbonyl (C=O) groups excluding carboxylic acids is 1. The third kappa shape index (κ3) is 2.61. The van der Waals surface area contributed by atoms with Crippen LogP contribution in [0, 0.1) is 0 Å². The topological polar surface area (TPSA) is 103 Å². The number of ether oxygens (including phenoxy) is 2. The summed E-state index contributed by atoms with van der Waals surface area (Å²) in [6.07, 6.45) is 3.28. The van der Waals surface area contributed by atoms with Gasteiger partial charge >= 0.3 is 0 Å². The van der Waals surface area contributed by atoms with E-state index in [4.69, 9.17) is 15.2 Å². The van der Waals surface area contributed by atoms with Crippen molar-refractivity contribution in [2.45, 2.75) is 19.3 Å². The summed E-state index contributed by atoms with van der Waals surface area (Å²) in [6, 6.07) is 3.35. The summed E-state index contributed by atoms with van der Waals surface area (Å²) in [6.45, 7) is 1.25. The van der Waals surface area contributed by atoms with E-state index in [2.05, 4.69) is 30.9 Å². The maximum absolute atomic E-state index is 13.1.